The smallest absolute Gasteiger partial charge is 0.349 e. The van der Waals surface area contributed by atoms with Gasteiger partial charge < -0.3 is 10.1 Å². The minimum absolute atomic E-state index is 0.173. The molecule has 0 fully saturated rings. The predicted molar refractivity (Wildman–Crippen MR) is 103 cm³/mol. The Morgan fingerprint density at radius 1 is 1.23 bits per heavy atom. The van der Waals surface area contributed by atoms with Crippen molar-refractivity contribution in [1.29, 1.82) is 0 Å². The van der Waals surface area contributed by atoms with Crippen LogP contribution in [0.15, 0.2) is 18.3 Å². The van der Waals surface area contributed by atoms with Crippen molar-refractivity contribution in [3.8, 4) is 0 Å². The average Bonchev–Trinajstić information content (AvgIpc) is 2.88. The van der Waals surface area contributed by atoms with Gasteiger partial charge in [0.15, 0.2) is 11.9 Å². The summed E-state index contributed by atoms with van der Waals surface area (Å²) in [5.41, 5.74) is 1.23. The second-order valence-corrected chi connectivity index (χ2v) is 8.12. The van der Waals surface area contributed by atoms with E-state index < -0.39 is 18.0 Å². The van der Waals surface area contributed by atoms with Crippen LogP contribution in [0.4, 0.5) is 5.82 Å². The van der Waals surface area contributed by atoms with Crippen molar-refractivity contribution in [3.63, 3.8) is 0 Å². The van der Waals surface area contributed by atoms with E-state index in [1.54, 1.807) is 0 Å². The quantitative estimate of drug-likeness (QED) is 0.572. The number of pyridine rings is 1. The molecular weight excluding hydrogens is 395 g/mol. The Hall–Kier alpha value is -1.63. The summed E-state index contributed by atoms with van der Waals surface area (Å²) in [6.07, 6.45) is 5.91. The number of nitrogens with one attached hydrogen (secondary N) is 1. The molecule has 0 saturated carbocycles. The zero-order valence-corrected chi connectivity index (χ0v) is 16.5. The number of carbonyl (C=O) groups excluding carboxylic acids is 2. The zero-order chi connectivity index (χ0) is 18.7. The molecule has 0 radical (unpaired) electrons. The number of hydrogen-bond donors (Lipinski definition) is 1. The molecule has 2 aromatic rings. The third kappa shape index (κ3) is 4.55. The minimum Gasteiger partial charge on any atom is -0.448 e. The van der Waals surface area contributed by atoms with Gasteiger partial charge in [-0.3, -0.25) is 4.79 Å². The number of thiophene rings is 1. The third-order valence-electron chi connectivity index (χ3n) is 4.15. The number of esters is 1. The van der Waals surface area contributed by atoms with Crippen LogP contribution in [0.2, 0.25) is 10.0 Å². The van der Waals surface area contributed by atoms with Gasteiger partial charge in [-0.2, -0.15) is 0 Å². The van der Waals surface area contributed by atoms with E-state index in [-0.39, 0.29) is 10.8 Å². The molecule has 0 spiro atoms. The molecule has 0 aromatic carbocycles. The number of ether oxygens (including phenoxy) is 1. The van der Waals surface area contributed by atoms with Crippen molar-refractivity contribution < 1.29 is 14.3 Å². The molecule has 2 heterocycles. The van der Waals surface area contributed by atoms with Gasteiger partial charge in [0.25, 0.3) is 5.91 Å². The molecule has 1 aliphatic carbocycles. The van der Waals surface area contributed by atoms with E-state index in [1.165, 1.54) is 47.4 Å². The van der Waals surface area contributed by atoms with Crippen LogP contribution in [0.5, 0.6) is 0 Å². The third-order valence-corrected chi connectivity index (χ3v) is 5.86. The Kier molecular flexibility index (Phi) is 6.16. The fourth-order valence-electron chi connectivity index (χ4n) is 2.77. The van der Waals surface area contributed by atoms with E-state index >= 15 is 0 Å². The van der Waals surface area contributed by atoms with Crippen molar-refractivity contribution in [2.45, 2.75) is 45.1 Å². The highest BCUT2D eigenvalue weighted by Gasteiger charge is 2.23. The van der Waals surface area contributed by atoms with Gasteiger partial charge in [-0.15, -0.1) is 11.3 Å². The Morgan fingerprint density at radius 2 is 2.00 bits per heavy atom. The lowest BCUT2D eigenvalue weighted by atomic mass is 10.1. The maximum absolute atomic E-state index is 12.4. The largest absolute Gasteiger partial charge is 0.448 e. The lowest BCUT2D eigenvalue weighted by Gasteiger charge is -2.13. The van der Waals surface area contributed by atoms with Crippen LogP contribution in [0.1, 0.15) is 46.3 Å². The number of rotatable bonds is 4. The molecule has 5 nitrogen and oxygen atoms in total. The summed E-state index contributed by atoms with van der Waals surface area (Å²) in [7, 11) is 0. The van der Waals surface area contributed by atoms with Gasteiger partial charge >= 0.3 is 5.97 Å². The summed E-state index contributed by atoms with van der Waals surface area (Å²) in [4.78, 5) is 30.4. The lowest BCUT2D eigenvalue weighted by molar-refractivity contribution is -0.123. The lowest BCUT2D eigenvalue weighted by Crippen LogP contribution is -2.30. The topological polar surface area (TPSA) is 68.3 Å². The van der Waals surface area contributed by atoms with Crippen molar-refractivity contribution >= 4 is 52.2 Å². The molecule has 26 heavy (non-hydrogen) atoms. The van der Waals surface area contributed by atoms with Crippen molar-refractivity contribution in [1.82, 2.24) is 4.98 Å². The number of anilines is 1. The van der Waals surface area contributed by atoms with Crippen LogP contribution in [0.25, 0.3) is 0 Å². The maximum Gasteiger partial charge on any atom is 0.349 e. The van der Waals surface area contributed by atoms with Gasteiger partial charge in [-0.25, -0.2) is 9.78 Å². The predicted octanol–water partition coefficient (Wildman–Crippen LogP) is 4.90. The second kappa shape index (κ2) is 8.37. The summed E-state index contributed by atoms with van der Waals surface area (Å²) < 4.78 is 5.31. The van der Waals surface area contributed by atoms with Crippen molar-refractivity contribution in [2.24, 2.45) is 0 Å². The molecule has 2 aromatic heterocycles. The number of carbonyl (C=O) groups is 2. The van der Waals surface area contributed by atoms with Gasteiger partial charge in [0, 0.05) is 11.1 Å². The molecular formula is C18H18Cl2N2O3S. The molecule has 138 valence electrons. The molecule has 1 amide bonds. The minimum atomic E-state index is -0.974. The number of hydrogen-bond acceptors (Lipinski definition) is 5. The van der Waals surface area contributed by atoms with Crippen LogP contribution in [-0.4, -0.2) is 23.0 Å². The zero-order valence-electron chi connectivity index (χ0n) is 14.2. The summed E-state index contributed by atoms with van der Waals surface area (Å²) >= 11 is 13.2. The highest BCUT2D eigenvalue weighted by molar-refractivity contribution is 7.14. The Labute approximate surface area is 165 Å². The monoisotopic (exact) mass is 412 g/mol. The first-order chi connectivity index (χ1) is 12.4. The molecule has 3 rings (SSSR count). The van der Waals surface area contributed by atoms with Gasteiger partial charge in [0.1, 0.15) is 4.88 Å². The van der Waals surface area contributed by atoms with Crippen LogP contribution >= 0.6 is 34.5 Å². The van der Waals surface area contributed by atoms with Crippen LogP contribution < -0.4 is 5.32 Å². The van der Waals surface area contributed by atoms with Crippen LogP contribution in [0, 0.1) is 0 Å². The average molecular weight is 413 g/mol. The Bertz CT molecular complexity index is 814. The van der Waals surface area contributed by atoms with Gasteiger partial charge in [0.05, 0.1) is 10.0 Å². The number of halogens is 2. The first kappa shape index (κ1) is 19.1. The van der Waals surface area contributed by atoms with E-state index in [0.717, 1.165) is 25.7 Å². The number of fused-ring (bicyclic) bond motifs is 1. The fourth-order valence-corrected chi connectivity index (χ4v) is 4.33. The molecule has 1 aliphatic rings. The number of amides is 1. The standard InChI is InChI=1S/C18H18Cl2N2O3S/c1-10(17(23)22-16-13(20)8-12(19)9-21-16)25-18(24)15-7-11-5-3-2-4-6-14(11)26-15/h7-10H,2-6H2,1H3,(H,21,22,23)/t10-/m0/s1. The van der Waals surface area contributed by atoms with Crippen LogP contribution in [-0.2, 0) is 22.4 Å². The second-order valence-electron chi connectivity index (χ2n) is 6.14. The van der Waals surface area contributed by atoms with Crippen molar-refractivity contribution in [3.05, 3.63) is 43.7 Å². The van der Waals surface area contributed by atoms with E-state index in [0.29, 0.717) is 9.90 Å². The molecule has 0 unspecified atom stereocenters. The summed E-state index contributed by atoms with van der Waals surface area (Å²) in [5, 5.41) is 3.12. The highest BCUT2D eigenvalue weighted by Crippen LogP contribution is 2.29. The summed E-state index contributed by atoms with van der Waals surface area (Å²) in [6, 6.07) is 3.37. The molecule has 1 atom stereocenters. The summed E-state index contributed by atoms with van der Waals surface area (Å²) in [5.74, 6) is -0.819. The normalized spacial score (nSPS) is 14.9. The van der Waals surface area contributed by atoms with Crippen LogP contribution in [0.3, 0.4) is 0 Å². The maximum atomic E-state index is 12.4. The fraction of sp³-hybridized carbons (Fsp3) is 0.389. The van der Waals surface area contributed by atoms with Gasteiger partial charge in [0.2, 0.25) is 0 Å². The Morgan fingerprint density at radius 3 is 2.77 bits per heavy atom. The van der Waals surface area contributed by atoms with E-state index in [4.69, 9.17) is 27.9 Å². The first-order valence-corrected chi connectivity index (χ1v) is 9.96. The summed E-state index contributed by atoms with van der Waals surface area (Å²) in [6.45, 7) is 1.51. The SMILES string of the molecule is C[C@H](OC(=O)c1cc2c(s1)CCCCC2)C(=O)Nc1ncc(Cl)cc1Cl. The molecule has 0 aliphatic heterocycles. The van der Waals surface area contributed by atoms with Crippen molar-refractivity contribution in [2.75, 3.05) is 5.32 Å². The van der Waals surface area contributed by atoms with Gasteiger partial charge in [-0.1, -0.05) is 29.6 Å². The molecule has 1 N–H and O–H groups in total. The van der Waals surface area contributed by atoms with E-state index in [9.17, 15) is 9.59 Å². The molecule has 0 bridgehead atoms. The Balaban J connectivity index is 1.62. The van der Waals surface area contributed by atoms with Gasteiger partial charge in [-0.05, 0) is 50.3 Å². The first-order valence-electron chi connectivity index (χ1n) is 8.38. The molecule has 8 heteroatoms. The number of aromatic nitrogens is 1. The van der Waals surface area contributed by atoms with E-state index in [2.05, 4.69) is 10.3 Å². The highest BCUT2D eigenvalue weighted by atomic mass is 35.5. The number of nitrogens with zero attached hydrogens (tertiary/aromatic N) is 1. The van der Waals surface area contributed by atoms with E-state index in [1.807, 2.05) is 6.07 Å². The molecule has 0 saturated heterocycles. The number of aryl methyl sites for hydroxylation is 2.